The SMILES string of the molecule is O=C(O)CONC(=O)[C@@H]1CC[C@@H]2CN1C(=O)N2O. The van der Waals surface area contributed by atoms with Gasteiger partial charge in [-0.25, -0.2) is 20.1 Å². The Bertz CT molecular complexity index is 386. The molecule has 9 nitrogen and oxygen atoms in total. The molecule has 2 fully saturated rings. The van der Waals surface area contributed by atoms with E-state index >= 15 is 0 Å². The molecule has 2 aliphatic rings. The van der Waals surface area contributed by atoms with Crippen LogP contribution in [0.1, 0.15) is 12.8 Å². The first-order chi connectivity index (χ1) is 8.50. The quantitative estimate of drug-likeness (QED) is 0.430. The lowest BCUT2D eigenvalue weighted by Crippen LogP contribution is -2.49. The number of carbonyl (C=O) groups is 3. The largest absolute Gasteiger partial charge is 0.479 e. The molecule has 0 unspecified atom stereocenters. The number of hydroxylamine groups is 3. The van der Waals surface area contributed by atoms with Crippen molar-refractivity contribution in [2.75, 3.05) is 13.2 Å². The van der Waals surface area contributed by atoms with Crippen LogP contribution < -0.4 is 5.48 Å². The molecule has 2 bridgehead atoms. The first kappa shape index (κ1) is 12.6. The van der Waals surface area contributed by atoms with Gasteiger partial charge in [0.05, 0.1) is 6.04 Å². The van der Waals surface area contributed by atoms with Gasteiger partial charge in [-0.3, -0.25) is 14.8 Å². The van der Waals surface area contributed by atoms with Crippen LogP contribution in [0, 0.1) is 0 Å². The van der Waals surface area contributed by atoms with Crippen molar-refractivity contribution in [3.63, 3.8) is 0 Å². The van der Waals surface area contributed by atoms with Crippen LogP contribution in [0.4, 0.5) is 4.79 Å². The fourth-order valence-electron chi connectivity index (χ4n) is 2.16. The monoisotopic (exact) mass is 259 g/mol. The van der Waals surface area contributed by atoms with E-state index < -0.39 is 30.6 Å². The van der Waals surface area contributed by atoms with Crippen LogP contribution in [0.15, 0.2) is 0 Å². The number of piperidine rings is 1. The molecule has 2 heterocycles. The number of fused-ring (bicyclic) bond motifs is 2. The normalized spacial score (nSPS) is 26.4. The summed E-state index contributed by atoms with van der Waals surface area (Å²) >= 11 is 0. The zero-order valence-corrected chi connectivity index (χ0v) is 9.40. The van der Waals surface area contributed by atoms with Gasteiger partial charge in [-0.2, -0.15) is 0 Å². The third-order valence-electron chi connectivity index (χ3n) is 3.02. The Balaban J connectivity index is 1.91. The third kappa shape index (κ3) is 2.22. The van der Waals surface area contributed by atoms with E-state index in [2.05, 4.69) is 4.84 Å². The minimum absolute atomic E-state index is 0.276. The Morgan fingerprint density at radius 1 is 1.44 bits per heavy atom. The van der Waals surface area contributed by atoms with Crippen molar-refractivity contribution < 1.29 is 29.5 Å². The van der Waals surface area contributed by atoms with E-state index in [0.717, 1.165) is 0 Å². The average Bonchev–Trinajstić information content (AvgIpc) is 2.54. The number of carboxylic acids is 1. The molecule has 2 saturated heterocycles. The Hall–Kier alpha value is -1.87. The zero-order valence-electron chi connectivity index (χ0n) is 9.40. The van der Waals surface area contributed by atoms with Gasteiger partial charge in [0.2, 0.25) is 0 Å². The zero-order chi connectivity index (χ0) is 13.3. The first-order valence-corrected chi connectivity index (χ1v) is 5.43. The molecule has 0 spiro atoms. The summed E-state index contributed by atoms with van der Waals surface area (Å²) < 4.78 is 0. The van der Waals surface area contributed by atoms with Crippen molar-refractivity contribution in [1.82, 2.24) is 15.4 Å². The van der Waals surface area contributed by atoms with Crippen molar-refractivity contribution in [2.24, 2.45) is 0 Å². The molecule has 0 aromatic heterocycles. The van der Waals surface area contributed by atoms with E-state index in [-0.39, 0.29) is 12.6 Å². The lowest BCUT2D eigenvalue weighted by atomic mass is 10.0. The van der Waals surface area contributed by atoms with Crippen LogP contribution in [-0.2, 0) is 14.4 Å². The van der Waals surface area contributed by atoms with Crippen LogP contribution in [-0.4, -0.2) is 63.4 Å². The Kier molecular flexibility index (Phi) is 3.34. The fraction of sp³-hybridized carbons (Fsp3) is 0.667. The highest BCUT2D eigenvalue weighted by Gasteiger charge is 2.46. The maximum atomic E-state index is 11.7. The molecule has 0 aliphatic carbocycles. The van der Waals surface area contributed by atoms with Gasteiger partial charge in [0, 0.05) is 6.54 Å². The van der Waals surface area contributed by atoms with Crippen molar-refractivity contribution >= 4 is 17.9 Å². The van der Waals surface area contributed by atoms with E-state index in [1.807, 2.05) is 5.48 Å². The summed E-state index contributed by atoms with van der Waals surface area (Å²) in [6.45, 7) is -0.368. The van der Waals surface area contributed by atoms with E-state index in [4.69, 9.17) is 5.11 Å². The summed E-state index contributed by atoms with van der Waals surface area (Å²) in [5.41, 5.74) is 1.99. The van der Waals surface area contributed by atoms with Gasteiger partial charge in [-0.05, 0) is 12.8 Å². The third-order valence-corrected chi connectivity index (χ3v) is 3.02. The molecule has 2 aliphatic heterocycles. The molecule has 100 valence electrons. The van der Waals surface area contributed by atoms with Crippen LogP contribution in [0.2, 0.25) is 0 Å². The van der Waals surface area contributed by atoms with Gasteiger partial charge >= 0.3 is 12.0 Å². The van der Waals surface area contributed by atoms with Crippen molar-refractivity contribution in [3.05, 3.63) is 0 Å². The van der Waals surface area contributed by atoms with Crippen molar-refractivity contribution in [2.45, 2.75) is 24.9 Å². The second-order valence-corrected chi connectivity index (χ2v) is 4.18. The first-order valence-electron chi connectivity index (χ1n) is 5.43. The van der Waals surface area contributed by atoms with Crippen LogP contribution >= 0.6 is 0 Å². The molecule has 18 heavy (non-hydrogen) atoms. The molecule has 0 aromatic carbocycles. The highest BCUT2D eigenvalue weighted by Crippen LogP contribution is 2.28. The number of aliphatic carboxylic acids is 1. The summed E-state index contributed by atoms with van der Waals surface area (Å²) in [6.07, 6.45) is 0.908. The van der Waals surface area contributed by atoms with Gasteiger partial charge in [0.1, 0.15) is 6.04 Å². The minimum atomic E-state index is -1.21. The fourth-order valence-corrected chi connectivity index (χ4v) is 2.16. The number of hydrogen-bond acceptors (Lipinski definition) is 5. The molecule has 2 atom stereocenters. The number of urea groups is 1. The molecular formula is C9H13N3O6. The molecule has 2 rings (SSSR count). The van der Waals surface area contributed by atoms with Gasteiger partial charge in [-0.1, -0.05) is 0 Å². The second kappa shape index (κ2) is 4.78. The Labute approximate surface area is 102 Å². The summed E-state index contributed by atoms with van der Waals surface area (Å²) in [4.78, 5) is 39.2. The van der Waals surface area contributed by atoms with E-state index in [1.165, 1.54) is 4.90 Å². The number of rotatable bonds is 4. The van der Waals surface area contributed by atoms with Crippen molar-refractivity contribution in [1.29, 1.82) is 0 Å². The number of nitrogens with zero attached hydrogens (tertiary/aromatic N) is 2. The maximum Gasteiger partial charge on any atom is 0.344 e. The van der Waals surface area contributed by atoms with Gasteiger partial charge in [0.15, 0.2) is 6.61 Å². The lowest BCUT2D eigenvalue weighted by molar-refractivity contribution is -0.151. The highest BCUT2D eigenvalue weighted by molar-refractivity contribution is 5.88. The topological polar surface area (TPSA) is 119 Å². The van der Waals surface area contributed by atoms with Crippen LogP contribution in [0.3, 0.4) is 0 Å². The number of amides is 3. The molecule has 0 aromatic rings. The molecule has 0 saturated carbocycles. The van der Waals surface area contributed by atoms with E-state index in [9.17, 15) is 19.6 Å². The average molecular weight is 259 g/mol. The maximum absolute atomic E-state index is 11.7. The Morgan fingerprint density at radius 3 is 2.83 bits per heavy atom. The predicted octanol–water partition coefficient (Wildman–Crippen LogP) is -1.22. The molecule has 3 N–H and O–H groups in total. The predicted molar refractivity (Wildman–Crippen MR) is 54.3 cm³/mol. The van der Waals surface area contributed by atoms with E-state index in [0.29, 0.717) is 17.9 Å². The molecule has 9 heteroatoms. The minimum Gasteiger partial charge on any atom is -0.479 e. The summed E-state index contributed by atoms with van der Waals surface area (Å²) in [5.74, 6) is -1.80. The van der Waals surface area contributed by atoms with Crippen molar-refractivity contribution in [3.8, 4) is 0 Å². The number of nitrogens with one attached hydrogen (secondary N) is 1. The second-order valence-electron chi connectivity index (χ2n) is 4.18. The number of carboxylic acid groups (broad SMARTS) is 1. The number of hydrogen-bond donors (Lipinski definition) is 3. The van der Waals surface area contributed by atoms with Gasteiger partial charge in [-0.15, -0.1) is 0 Å². The summed E-state index contributed by atoms with van der Waals surface area (Å²) in [7, 11) is 0. The highest BCUT2D eigenvalue weighted by atomic mass is 16.7. The summed E-state index contributed by atoms with van der Waals surface area (Å²) in [6, 6.07) is -1.63. The van der Waals surface area contributed by atoms with Gasteiger partial charge < -0.3 is 10.0 Å². The standard InChI is InChI=1S/C9H13N3O6/c13-7(14)4-18-10-8(15)6-2-1-5-3-11(6)9(16)12(5)17/h5-6,17H,1-4H2,(H,10,15)(H,13,14)/t5-,6+/m1/s1. The molecular weight excluding hydrogens is 246 g/mol. The number of carbonyl (C=O) groups excluding carboxylic acids is 2. The molecule has 0 radical (unpaired) electrons. The molecule has 3 amide bonds. The summed E-state index contributed by atoms with van der Waals surface area (Å²) in [5, 5.41) is 18.4. The van der Waals surface area contributed by atoms with Crippen LogP contribution in [0.25, 0.3) is 0 Å². The van der Waals surface area contributed by atoms with Gasteiger partial charge in [0.25, 0.3) is 5.91 Å². The Morgan fingerprint density at radius 2 is 2.17 bits per heavy atom. The van der Waals surface area contributed by atoms with E-state index in [1.54, 1.807) is 0 Å². The smallest absolute Gasteiger partial charge is 0.344 e. The van der Waals surface area contributed by atoms with Crippen LogP contribution in [0.5, 0.6) is 0 Å². The lowest BCUT2D eigenvalue weighted by Gasteiger charge is -2.28.